The van der Waals surface area contributed by atoms with E-state index in [1.807, 2.05) is 30.3 Å². The number of benzene rings is 2. The summed E-state index contributed by atoms with van der Waals surface area (Å²) in [7, 11) is 0. The molecule has 1 heterocycles. The van der Waals surface area contributed by atoms with Crippen LogP contribution in [0.25, 0.3) is 6.08 Å². The molecule has 1 aliphatic heterocycles. The third kappa shape index (κ3) is 5.99. The molecule has 2 aromatic carbocycles. The molecule has 146 valence electrons. The van der Waals surface area contributed by atoms with Crippen LogP contribution in [0.15, 0.2) is 60.7 Å². The van der Waals surface area contributed by atoms with Gasteiger partial charge in [-0.05, 0) is 48.6 Å². The Kier molecular flexibility index (Phi) is 7.73. The number of aldehydes is 1. The van der Waals surface area contributed by atoms with Crippen LogP contribution in [0, 0.1) is 0 Å². The monoisotopic (exact) mass is 395 g/mol. The lowest BCUT2D eigenvalue weighted by Gasteiger charge is -2.16. The summed E-state index contributed by atoms with van der Waals surface area (Å²) in [5.41, 5.74) is 2.29. The lowest BCUT2D eigenvalue weighted by Crippen LogP contribution is -2.36. The number of hydrogen-bond acceptors (Lipinski definition) is 4. The maximum atomic E-state index is 12.2. The molecule has 0 aliphatic carbocycles. The van der Waals surface area contributed by atoms with Crippen LogP contribution in [0.1, 0.15) is 24.0 Å². The Hall–Kier alpha value is -2.53. The molecule has 1 aliphatic rings. The third-order valence-electron chi connectivity index (χ3n) is 4.63. The molecule has 5 heteroatoms. The topological polar surface area (TPSA) is 46.6 Å². The van der Waals surface area contributed by atoms with E-state index < -0.39 is 0 Å². The summed E-state index contributed by atoms with van der Waals surface area (Å²) in [5, 5.41) is 0. The number of aryl methyl sites for hydroxylation is 1. The van der Waals surface area contributed by atoms with Crippen molar-refractivity contribution in [2.45, 2.75) is 25.3 Å². The third-order valence-corrected chi connectivity index (χ3v) is 5.67. The molecule has 0 radical (unpaired) electrons. The van der Waals surface area contributed by atoms with Gasteiger partial charge >= 0.3 is 0 Å². The van der Waals surface area contributed by atoms with Gasteiger partial charge < -0.3 is 14.4 Å². The van der Waals surface area contributed by atoms with Crippen molar-refractivity contribution in [1.82, 2.24) is 4.90 Å². The lowest BCUT2D eigenvalue weighted by atomic mass is 10.1. The van der Waals surface area contributed by atoms with Crippen molar-refractivity contribution in [3.05, 3.63) is 71.8 Å². The number of hydrogen-bond donors (Lipinski definition) is 0. The Morgan fingerprint density at radius 1 is 1.11 bits per heavy atom. The summed E-state index contributed by atoms with van der Waals surface area (Å²) in [6, 6.07) is 17.9. The van der Waals surface area contributed by atoms with E-state index in [0.29, 0.717) is 18.2 Å². The highest BCUT2D eigenvalue weighted by Gasteiger charge is 2.27. The molecular formula is C23H25NO3S. The van der Waals surface area contributed by atoms with Gasteiger partial charge in [0, 0.05) is 11.8 Å². The summed E-state index contributed by atoms with van der Waals surface area (Å²) in [6.07, 6.45) is 7.33. The molecule has 0 N–H and O–H groups in total. The van der Waals surface area contributed by atoms with Crippen LogP contribution in [0.5, 0.6) is 5.75 Å². The van der Waals surface area contributed by atoms with Gasteiger partial charge in [-0.25, -0.2) is 0 Å². The van der Waals surface area contributed by atoms with E-state index in [2.05, 4.69) is 24.3 Å². The van der Waals surface area contributed by atoms with Crippen LogP contribution >= 0.6 is 11.8 Å². The summed E-state index contributed by atoms with van der Waals surface area (Å²) >= 11 is 1.60. The molecule has 2 aromatic rings. The largest absolute Gasteiger partial charge is 0.494 e. The zero-order valence-electron chi connectivity index (χ0n) is 15.8. The standard InChI is InChI=1S/C23H25NO3S/c25-16-21-17-28-18-24(21)23(26)14-11-20-9-12-22(13-10-20)27-15-5-4-8-19-6-2-1-3-7-19/h1-3,6-7,9-14,16,21H,4-5,8,15,17-18H2/t21-/m1/s1. The predicted molar refractivity (Wildman–Crippen MR) is 114 cm³/mol. The van der Waals surface area contributed by atoms with Gasteiger partial charge in [-0.15, -0.1) is 11.8 Å². The fraction of sp³-hybridized carbons (Fsp3) is 0.304. The zero-order chi connectivity index (χ0) is 19.6. The van der Waals surface area contributed by atoms with Crippen molar-refractivity contribution in [3.8, 4) is 5.75 Å². The second kappa shape index (κ2) is 10.7. The van der Waals surface area contributed by atoms with Gasteiger partial charge in [0.1, 0.15) is 12.0 Å². The van der Waals surface area contributed by atoms with Crippen LogP contribution in [0.3, 0.4) is 0 Å². The Morgan fingerprint density at radius 3 is 2.64 bits per heavy atom. The normalized spacial score (nSPS) is 16.4. The molecule has 0 bridgehead atoms. The van der Waals surface area contributed by atoms with Gasteiger partial charge in [-0.3, -0.25) is 4.79 Å². The number of ether oxygens (including phenoxy) is 1. The second-order valence-corrected chi connectivity index (χ2v) is 7.70. The summed E-state index contributed by atoms with van der Waals surface area (Å²) < 4.78 is 5.79. The van der Waals surface area contributed by atoms with Crippen molar-refractivity contribution in [2.24, 2.45) is 0 Å². The highest BCUT2D eigenvalue weighted by molar-refractivity contribution is 7.99. The molecular weight excluding hydrogens is 370 g/mol. The Morgan fingerprint density at radius 2 is 1.89 bits per heavy atom. The van der Waals surface area contributed by atoms with Gasteiger partial charge in [0.05, 0.1) is 18.5 Å². The molecule has 0 spiro atoms. The highest BCUT2D eigenvalue weighted by Crippen LogP contribution is 2.20. The van der Waals surface area contributed by atoms with Gasteiger partial charge in [0.25, 0.3) is 0 Å². The van der Waals surface area contributed by atoms with Crippen LogP contribution in [0.2, 0.25) is 0 Å². The van der Waals surface area contributed by atoms with Crippen molar-refractivity contribution in [2.75, 3.05) is 18.2 Å². The minimum atomic E-state index is -0.306. The second-order valence-electron chi connectivity index (χ2n) is 6.70. The van der Waals surface area contributed by atoms with Crippen molar-refractivity contribution < 1.29 is 14.3 Å². The molecule has 28 heavy (non-hydrogen) atoms. The number of thioether (sulfide) groups is 1. The van der Waals surface area contributed by atoms with Crippen molar-refractivity contribution in [1.29, 1.82) is 0 Å². The van der Waals surface area contributed by atoms with Crippen molar-refractivity contribution >= 4 is 30.0 Å². The van der Waals surface area contributed by atoms with E-state index in [9.17, 15) is 9.59 Å². The van der Waals surface area contributed by atoms with E-state index in [4.69, 9.17) is 4.74 Å². The molecule has 1 saturated heterocycles. The number of carbonyl (C=O) groups excluding carboxylic acids is 2. The number of carbonyl (C=O) groups is 2. The van der Waals surface area contributed by atoms with E-state index >= 15 is 0 Å². The molecule has 0 aromatic heterocycles. The van der Waals surface area contributed by atoms with Gasteiger partial charge in [-0.2, -0.15) is 0 Å². The Balaban J connectivity index is 1.39. The minimum Gasteiger partial charge on any atom is -0.494 e. The van der Waals surface area contributed by atoms with Crippen LogP contribution in [-0.4, -0.2) is 41.4 Å². The SMILES string of the molecule is O=C[C@@H]1CSCN1C(=O)C=Cc1ccc(OCCCCc2ccccc2)cc1. The van der Waals surface area contributed by atoms with Crippen LogP contribution < -0.4 is 4.74 Å². The van der Waals surface area contributed by atoms with Gasteiger partial charge in [0.15, 0.2) is 0 Å². The van der Waals surface area contributed by atoms with Gasteiger partial charge in [-0.1, -0.05) is 42.5 Å². The fourth-order valence-electron chi connectivity index (χ4n) is 3.00. The molecule has 3 rings (SSSR count). The van der Waals surface area contributed by atoms with E-state index in [1.165, 1.54) is 11.6 Å². The highest BCUT2D eigenvalue weighted by atomic mass is 32.2. The van der Waals surface area contributed by atoms with Crippen LogP contribution in [0.4, 0.5) is 0 Å². The quantitative estimate of drug-likeness (QED) is 0.363. The fourth-order valence-corrected chi connectivity index (χ4v) is 4.12. The number of rotatable bonds is 9. The molecule has 1 amide bonds. The molecule has 1 fully saturated rings. The Bertz CT molecular complexity index is 789. The smallest absolute Gasteiger partial charge is 0.247 e. The first-order chi connectivity index (χ1) is 13.8. The summed E-state index contributed by atoms with van der Waals surface area (Å²) in [5.74, 6) is 1.96. The maximum absolute atomic E-state index is 12.2. The zero-order valence-corrected chi connectivity index (χ0v) is 16.6. The molecule has 0 unspecified atom stereocenters. The minimum absolute atomic E-state index is 0.124. The molecule has 1 atom stereocenters. The first kappa shape index (κ1) is 20.2. The van der Waals surface area contributed by atoms with E-state index in [-0.39, 0.29) is 11.9 Å². The lowest BCUT2D eigenvalue weighted by molar-refractivity contribution is -0.129. The van der Waals surface area contributed by atoms with E-state index in [0.717, 1.165) is 36.9 Å². The average molecular weight is 396 g/mol. The number of unbranched alkanes of at least 4 members (excludes halogenated alkanes) is 1. The Labute approximate surface area is 170 Å². The predicted octanol–water partition coefficient (Wildman–Crippen LogP) is 4.20. The molecule has 0 saturated carbocycles. The number of amides is 1. The summed E-state index contributed by atoms with van der Waals surface area (Å²) in [6.45, 7) is 0.695. The van der Waals surface area contributed by atoms with Gasteiger partial charge in [0.2, 0.25) is 5.91 Å². The molecule has 4 nitrogen and oxygen atoms in total. The van der Waals surface area contributed by atoms with Crippen molar-refractivity contribution in [3.63, 3.8) is 0 Å². The average Bonchev–Trinajstić information content (AvgIpc) is 3.22. The first-order valence-corrected chi connectivity index (χ1v) is 10.7. The van der Waals surface area contributed by atoms with Crippen LogP contribution in [-0.2, 0) is 16.0 Å². The summed E-state index contributed by atoms with van der Waals surface area (Å²) in [4.78, 5) is 24.8. The maximum Gasteiger partial charge on any atom is 0.247 e. The number of nitrogens with zero attached hydrogens (tertiary/aromatic N) is 1. The first-order valence-electron chi connectivity index (χ1n) is 9.55. The van der Waals surface area contributed by atoms with E-state index in [1.54, 1.807) is 22.7 Å².